The maximum absolute atomic E-state index is 12.0. The molecule has 10 heteroatoms. The first-order chi connectivity index (χ1) is 11.1. The Bertz CT molecular complexity index is 505. The van der Waals surface area contributed by atoms with Gasteiger partial charge in [0, 0.05) is 31.3 Å². The summed E-state index contributed by atoms with van der Waals surface area (Å²) in [6.45, 7) is 1.30. The first kappa shape index (κ1) is 18.4. The Balaban J connectivity index is 2.53. The fourth-order valence-electron chi connectivity index (χ4n) is 1.60. The van der Waals surface area contributed by atoms with Crippen LogP contribution in [-0.4, -0.2) is 54.0 Å². The molecule has 0 aliphatic heterocycles. The molecule has 128 valence electrons. The minimum absolute atomic E-state index is 0.0755. The van der Waals surface area contributed by atoms with E-state index in [0.717, 1.165) is 0 Å². The van der Waals surface area contributed by atoms with Crippen molar-refractivity contribution in [3.05, 3.63) is 18.2 Å². The molecule has 0 fully saturated rings. The lowest BCUT2D eigenvalue weighted by Gasteiger charge is -2.16. The number of hydrogen-bond donors (Lipinski definition) is 3. The molecule has 0 spiro atoms. The van der Waals surface area contributed by atoms with Crippen molar-refractivity contribution in [2.24, 2.45) is 5.73 Å². The minimum atomic E-state index is -0.958. The molecule has 1 heterocycles. The lowest BCUT2D eigenvalue weighted by Crippen LogP contribution is -2.44. The fourth-order valence-corrected chi connectivity index (χ4v) is 1.60. The summed E-state index contributed by atoms with van der Waals surface area (Å²) in [7, 11) is 0. The minimum Gasteiger partial charge on any atom is -0.435 e. The number of carbonyl (C=O) groups is 3. The number of amides is 1. The molecule has 1 aromatic rings. The summed E-state index contributed by atoms with van der Waals surface area (Å²) in [5.41, 5.74) is 5.93. The highest BCUT2D eigenvalue weighted by Crippen LogP contribution is 2.02. The first-order valence-corrected chi connectivity index (χ1v) is 6.99. The van der Waals surface area contributed by atoms with Gasteiger partial charge in [-0.2, -0.15) is 0 Å². The summed E-state index contributed by atoms with van der Waals surface area (Å²) >= 11 is 0. The molecule has 0 bridgehead atoms. The predicted molar refractivity (Wildman–Crippen MR) is 77.0 cm³/mol. The molecular weight excluding hydrogens is 308 g/mol. The summed E-state index contributed by atoms with van der Waals surface area (Å²) in [6, 6.07) is -0.958. The van der Waals surface area contributed by atoms with Crippen molar-refractivity contribution in [3.8, 4) is 0 Å². The van der Waals surface area contributed by atoms with Gasteiger partial charge in [-0.1, -0.05) is 0 Å². The van der Waals surface area contributed by atoms with E-state index in [1.807, 2.05) is 0 Å². The molecular formula is C13H20N4O6. The van der Waals surface area contributed by atoms with Gasteiger partial charge in [-0.3, -0.25) is 4.79 Å². The lowest BCUT2D eigenvalue weighted by atomic mass is 10.1. The second kappa shape index (κ2) is 10.2. The number of imidazole rings is 1. The van der Waals surface area contributed by atoms with Gasteiger partial charge in [0.05, 0.1) is 12.9 Å². The van der Waals surface area contributed by atoms with Crippen LogP contribution in [0, 0.1) is 0 Å². The number of H-pyrrole nitrogens is 1. The number of aromatic nitrogens is 2. The van der Waals surface area contributed by atoms with Crippen LogP contribution < -0.4 is 11.1 Å². The molecule has 0 saturated heterocycles. The largest absolute Gasteiger partial charge is 0.511 e. The highest BCUT2D eigenvalue weighted by molar-refractivity contribution is 5.84. The van der Waals surface area contributed by atoms with Crippen LogP contribution in [0.5, 0.6) is 0 Å². The molecule has 0 saturated carbocycles. The number of hydrogen-bond acceptors (Lipinski definition) is 8. The second-order valence-electron chi connectivity index (χ2n) is 4.35. The van der Waals surface area contributed by atoms with Gasteiger partial charge in [-0.05, 0) is 6.92 Å². The third kappa shape index (κ3) is 7.27. The van der Waals surface area contributed by atoms with E-state index in [4.69, 9.17) is 10.5 Å². The van der Waals surface area contributed by atoms with Gasteiger partial charge in [0.25, 0.3) is 0 Å². The molecule has 1 aromatic heterocycles. The van der Waals surface area contributed by atoms with E-state index in [-0.39, 0.29) is 31.9 Å². The normalized spacial score (nSPS) is 11.4. The monoisotopic (exact) mass is 328 g/mol. The summed E-state index contributed by atoms with van der Waals surface area (Å²) in [4.78, 5) is 41.3. The van der Waals surface area contributed by atoms with Crippen LogP contribution in [0.25, 0.3) is 0 Å². The van der Waals surface area contributed by atoms with Crippen molar-refractivity contribution in [1.82, 2.24) is 15.3 Å². The van der Waals surface area contributed by atoms with Gasteiger partial charge in [-0.25, -0.2) is 14.6 Å². The van der Waals surface area contributed by atoms with Gasteiger partial charge in [0.15, 0.2) is 0 Å². The molecule has 0 aliphatic carbocycles. The van der Waals surface area contributed by atoms with Gasteiger partial charge in [0.1, 0.15) is 6.04 Å². The van der Waals surface area contributed by atoms with Crippen LogP contribution in [0.1, 0.15) is 19.0 Å². The first-order valence-electron chi connectivity index (χ1n) is 6.99. The number of nitrogens with one attached hydrogen (secondary N) is 2. The molecule has 0 aromatic carbocycles. The maximum atomic E-state index is 12.0. The topological polar surface area (TPSA) is 146 Å². The number of ether oxygens (including phenoxy) is 3. The second-order valence-corrected chi connectivity index (χ2v) is 4.35. The summed E-state index contributed by atoms with van der Waals surface area (Å²) < 4.78 is 13.9. The highest BCUT2D eigenvalue weighted by Gasteiger charge is 2.23. The third-order valence-corrected chi connectivity index (χ3v) is 2.61. The summed E-state index contributed by atoms with van der Waals surface area (Å²) in [5.74, 6) is -1.14. The molecule has 0 radical (unpaired) electrons. The Labute approximate surface area is 132 Å². The van der Waals surface area contributed by atoms with Crippen LogP contribution in [0.15, 0.2) is 12.5 Å². The van der Waals surface area contributed by atoms with Crippen LogP contribution in [0.2, 0.25) is 0 Å². The zero-order valence-electron chi connectivity index (χ0n) is 12.7. The van der Waals surface area contributed by atoms with Crippen molar-refractivity contribution in [2.45, 2.75) is 25.8 Å². The molecule has 23 heavy (non-hydrogen) atoms. The van der Waals surface area contributed by atoms with Crippen molar-refractivity contribution < 1.29 is 28.6 Å². The highest BCUT2D eigenvalue weighted by atomic mass is 16.8. The smallest absolute Gasteiger partial charge is 0.435 e. The molecule has 0 aliphatic rings. The number of nitrogens with two attached hydrogens (primary N) is 1. The summed E-state index contributed by atoms with van der Waals surface area (Å²) in [5, 5.41) is 2.51. The number of rotatable bonds is 9. The SMILES string of the molecule is CCOC(=O)OCOC(=O)C(Cc1cnc[nH]1)NC(=O)CCN. The quantitative estimate of drug-likeness (QED) is 0.404. The van der Waals surface area contributed by atoms with Crippen LogP contribution in [0.4, 0.5) is 4.79 Å². The van der Waals surface area contributed by atoms with E-state index in [1.165, 1.54) is 12.5 Å². The molecule has 1 amide bonds. The fraction of sp³-hybridized carbons (Fsp3) is 0.538. The Hall–Kier alpha value is -2.62. The Morgan fingerprint density at radius 3 is 2.74 bits per heavy atom. The van der Waals surface area contributed by atoms with Crippen LogP contribution in [-0.2, 0) is 30.2 Å². The van der Waals surface area contributed by atoms with Crippen molar-refractivity contribution in [1.29, 1.82) is 0 Å². The van der Waals surface area contributed by atoms with E-state index >= 15 is 0 Å². The molecule has 1 rings (SSSR count). The van der Waals surface area contributed by atoms with Crippen molar-refractivity contribution >= 4 is 18.0 Å². The molecule has 1 atom stereocenters. The Morgan fingerprint density at radius 1 is 1.35 bits per heavy atom. The lowest BCUT2D eigenvalue weighted by molar-refractivity contribution is -0.157. The standard InChI is InChI=1S/C13H20N4O6/c1-2-21-13(20)23-8-22-12(19)10(17-11(18)3-4-14)5-9-6-15-7-16-9/h6-7,10H,2-5,8,14H2,1H3,(H,15,16)(H,17,18). The van der Waals surface area contributed by atoms with E-state index in [2.05, 4.69) is 24.8 Å². The zero-order valence-corrected chi connectivity index (χ0v) is 12.7. The predicted octanol–water partition coefficient (Wildman–Crippen LogP) is -0.540. The molecule has 1 unspecified atom stereocenters. The average molecular weight is 328 g/mol. The van der Waals surface area contributed by atoms with Gasteiger partial charge < -0.3 is 30.2 Å². The average Bonchev–Trinajstić information content (AvgIpc) is 3.00. The maximum Gasteiger partial charge on any atom is 0.511 e. The van der Waals surface area contributed by atoms with Gasteiger partial charge in [-0.15, -0.1) is 0 Å². The van der Waals surface area contributed by atoms with Gasteiger partial charge in [0.2, 0.25) is 12.7 Å². The molecule has 4 N–H and O–H groups in total. The van der Waals surface area contributed by atoms with E-state index in [9.17, 15) is 14.4 Å². The van der Waals surface area contributed by atoms with Gasteiger partial charge >= 0.3 is 12.1 Å². The molecule has 10 nitrogen and oxygen atoms in total. The zero-order chi connectivity index (χ0) is 17.1. The Morgan fingerprint density at radius 2 is 2.13 bits per heavy atom. The third-order valence-electron chi connectivity index (χ3n) is 2.61. The Kier molecular flexibility index (Phi) is 8.14. The number of nitrogens with zero attached hydrogens (tertiary/aromatic N) is 1. The van der Waals surface area contributed by atoms with E-state index in [0.29, 0.717) is 5.69 Å². The van der Waals surface area contributed by atoms with Crippen molar-refractivity contribution in [3.63, 3.8) is 0 Å². The van der Waals surface area contributed by atoms with Crippen LogP contribution in [0.3, 0.4) is 0 Å². The van der Waals surface area contributed by atoms with E-state index < -0.39 is 25.0 Å². The summed E-state index contributed by atoms with van der Waals surface area (Å²) in [6.07, 6.45) is 2.24. The van der Waals surface area contributed by atoms with Crippen molar-refractivity contribution in [2.75, 3.05) is 19.9 Å². The van der Waals surface area contributed by atoms with Crippen LogP contribution >= 0.6 is 0 Å². The number of esters is 1. The van der Waals surface area contributed by atoms with E-state index in [1.54, 1.807) is 6.92 Å². The number of aromatic amines is 1. The number of carbonyl (C=O) groups excluding carboxylic acids is 3.